The van der Waals surface area contributed by atoms with Crippen molar-refractivity contribution in [1.29, 1.82) is 0 Å². The molecule has 0 saturated carbocycles. The van der Waals surface area contributed by atoms with E-state index in [1.54, 1.807) is 0 Å². The predicted octanol–water partition coefficient (Wildman–Crippen LogP) is 23.2. The van der Waals surface area contributed by atoms with Gasteiger partial charge in [-0.3, -0.25) is 14.4 Å². The minimum absolute atomic E-state index is 0.0719. The quantitative estimate of drug-likeness (QED) is 0.0261. The van der Waals surface area contributed by atoms with Gasteiger partial charge in [0.1, 0.15) is 13.2 Å². The summed E-state index contributed by atoms with van der Waals surface area (Å²) in [5.41, 5.74) is 0. The second-order valence-corrected chi connectivity index (χ2v) is 23.1. The zero-order valence-electron chi connectivity index (χ0n) is 51.3. The summed E-state index contributed by atoms with van der Waals surface area (Å²) in [5.74, 6) is -0.856. The van der Waals surface area contributed by atoms with Crippen LogP contribution in [0.25, 0.3) is 0 Å². The molecule has 0 amide bonds. The number of unbranched alkanes of at least 4 members (excludes halogenated alkanes) is 46. The van der Waals surface area contributed by atoms with Gasteiger partial charge in [-0.15, -0.1) is 0 Å². The lowest BCUT2D eigenvalue weighted by Crippen LogP contribution is -2.30. The van der Waals surface area contributed by atoms with Gasteiger partial charge in [0.2, 0.25) is 0 Å². The molecule has 0 spiro atoms. The van der Waals surface area contributed by atoms with Crippen LogP contribution < -0.4 is 0 Å². The van der Waals surface area contributed by atoms with Crippen molar-refractivity contribution in [3.63, 3.8) is 0 Å². The van der Waals surface area contributed by atoms with E-state index in [4.69, 9.17) is 14.2 Å². The van der Waals surface area contributed by atoms with Crippen molar-refractivity contribution in [1.82, 2.24) is 0 Å². The first kappa shape index (κ1) is 73.6. The maximum absolute atomic E-state index is 12.9. The minimum Gasteiger partial charge on any atom is -0.462 e. The average Bonchev–Trinajstić information content (AvgIpc) is 3.42. The molecule has 6 nitrogen and oxygen atoms in total. The van der Waals surface area contributed by atoms with Crippen molar-refractivity contribution in [3.8, 4) is 0 Å². The molecule has 0 aromatic carbocycles. The average molecular weight is 1070 g/mol. The molecule has 0 bridgehead atoms. The van der Waals surface area contributed by atoms with Crippen LogP contribution in [0.3, 0.4) is 0 Å². The summed E-state index contributed by atoms with van der Waals surface area (Å²) >= 11 is 0. The number of allylic oxidation sites excluding steroid dienone is 6. The highest BCUT2D eigenvalue weighted by Gasteiger charge is 2.19. The van der Waals surface area contributed by atoms with Crippen LogP contribution in [0.2, 0.25) is 0 Å². The molecule has 0 heterocycles. The van der Waals surface area contributed by atoms with Gasteiger partial charge in [-0.25, -0.2) is 0 Å². The van der Waals surface area contributed by atoms with E-state index >= 15 is 0 Å². The molecule has 0 radical (unpaired) electrons. The van der Waals surface area contributed by atoms with Gasteiger partial charge in [0.25, 0.3) is 0 Å². The first-order valence-electron chi connectivity index (χ1n) is 34.0. The van der Waals surface area contributed by atoms with Gasteiger partial charge in [0, 0.05) is 19.3 Å². The van der Waals surface area contributed by atoms with E-state index in [-0.39, 0.29) is 31.1 Å². The maximum atomic E-state index is 12.9. The van der Waals surface area contributed by atoms with Crippen LogP contribution in [0.15, 0.2) is 36.5 Å². The van der Waals surface area contributed by atoms with Crippen molar-refractivity contribution in [2.45, 2.75) is 380 Å². The van der Waals surface area contributed by atoms with E-state index in [1.807, 2.05) is 0 Å². The second kappa shape index (κ2) is 65.2. The zero-order chi connectivity index (χ0) is 55.0. The van der Waals surface area contributed by atoms with E-state index in [1.165, 1.54) is 257 Å². The number of hydrogen-bond acceptors (Lipinski definition) is 6. The number of carbonyl (C=O) groups is 3. The number of carbonyl (C=O) groups excluding carboxylic acids is 3. The SMILES string of the molecule is CCCCC/C=C\C/C=C\C/C=C\CCCCCCCCC(=O)OC(COC(=O)CCCCCCCCCCCCCCCCC)COC(=O)CCCCCCCCCCCCCCCCCCCCCCCCCC. The second-order valence-electron chi connectivity index (χ2n) is 23.1. The van der Waals surface area contributed by atoms with Gasteiger partial charge < -0.3 is 14.2 Å². The third-order valence-corrected chi connectivity index (χ3v) is 15.4. The topological polar surface area (TPSA) is 78.9 Å². The van der Waals surface area contributed by atoms with Crippen molar-refractivity contribution >= 4 is 17.9 Å². The summed E-state index contributed by atoms with van der Waals surface area (Å²) in [6.07, 6.45) is 80.2. The number of rotatable bonds is 63. The van der Waals surface area contributed by atoms with E-state index in [0.29, 0.717) is 19.3 Å². The van der Waals surface area contributed by atoms with Crippen molar-refractivity contribution < 1.29 is 28.6 Å². The summed E-state index contributed by atoms with van der Waals surface area (Å²) in [5, 5.41) is 0. The van der Waals surface area contributed by atoms with Crippen LogP contribution in [0.5, 0.6) is 0 Å². The van der Waals surface area contributed by atoms with Crippen LogP contribution in [0, 0.1) is 0 Å². The molecule has 6 heteroatoms. The van der Waals surface area contributed by atoms with E-state index < -0.39 is 6.10 Å². The van der Waals surface area contributed by atoms with E-state index in [0.717, 1.165) is 77.0 Å². The Balaban J connectivity index is 4.29. The molecule has 76 heavy (non-hydrogen) atoms. The predicted molar refractivity (Wildman–Crippen MR) is 330 cm³/mol. The first-order chi connectivity index (χ1) is 37.5. The monoisotopic (exact) mass is 1070 g/mol. The molecule has 0 fully saturated rings. The summed E-state index contributed by atoms with van der Waals surface area (Å²) < 4.78 is 17.0. The Bertz CT molecular complexity index is 1270. The third-order valence-electron chi connectivity index (χ3n) is 15.4. The lowest BCUT2D eigenvalue weighted by molar-refractivity contribution is -0.167. The molecule has 0 aliphatic carbocycles. The van der Waals surface area contributed by atoms with Gasteiger partial charge in [-0.05, 0) is 57.8 Å². The van der Waals surface area contributed by atoms with Crippen LogP contribution in [-0.2, 0) is 28.6 Å². The molecular formula is C70H130O6. The molecule has 0 N–H and O–H groups in total. The fraction of sp³-hybridized carbons (Fsp3) is 0.871. The van der Waals surface area contributed by atoms with Crippen LogP contribution in [0.1, 0.15) is 374 Å². The van der Waals surface area contributed by atoms with Gasteiger partial charge in [0.15, 0.2) is 6.10 Å². The van der Waals surface area contributed by atoms with E-state index in [2.05, 4.69) is 57.2 Å². The Morgan fingerprint density at radius 1 is 0.263 bits per heavy atom. The molecule has 0 rings (SSSR count). The molecular weight excluding hydrogens is 937 g/mol. The highest BCUT2D eigenvalue weighted by atomic mass is 16.6. The number of ether oxygens (including phenoxy) is 3. The van der Waals surface area contributed by atoms with Crippen LogP contribution in [-0.4, -0.2) is 37.2 Å². The van der Waals surface area contributed by atoms with Gasteiger partial charge in [0.05, 0.1) is 0 Å². The summed E-state index contributed by atoms with van der Waals surface area (Å²) in [7, 11) is 0. The summed E-state index contributed by atoms with van der Waals surface area (Å²) in [6, 6.07) is 0. The molecule has 0 aromatic rings. The Labute approximate surface area is 474 Å². The van der Waals surface area contributed by atoms with Crippen molar-refractivity contribution in [2.75, 3.05) is 13.2 Å². The van der Waals surface area contributed by atoms with E-state index in [9.17, 15) is 14.4 Å². The fourth-order valence-electron chi connectivity index (χ4n) is 10.3. The molecule has 446 valence electrons. The first-order valence-corrected chi connectivity index (χ1v) is 34.0. The summed E-state index contributed by atoms with van der Waals surface area (Å²) in [4.78, 5) is 38.4. The van der Waals surface area contributed by atoms with Gasteiger partial charge in [-0.1, -0.05) is 333 Å². The fourth-order valence-corrected chi connectivity index (χ4v) is 10.3. The maximum Gasteiger partial charge on any atom is 0.306 e. The normalized spacial score (nSPS) is 12.2. The number of hydrogen-bond donors (Lipinski definition) is 0. The largest absolute Gasteiger partial charge is 0.462 e. The van der Waals surface area contributed by atoms with Crippen molar-refractivity contribution in [3.05, 3.63) is 36.5 Å². The van der Waals surface area contributed by atoms with Crippen LogP contribution in [0.4, 0.5) is 0 Å². The van der Waals surface area contributed by atoms with Crippen molar-refractivity contribution in [2.24, 2.45) is 0 Å². The Hall–Kier alpha value is -2.37. The minimum atomic E-state index is -0.777. The van der Waals surface area contributed by atoms with Crippen LogP contribution >= 0.6 is 0 Å². The van der Waals surface area contributed by atoms with Gasteiger partial charge in [-0.2, -0.15) is 0 Å². The standard InChI is InChI=1S/C70H130O6/c1-4-7-10-13-16-19-22-25-28-30-32-33-34-35-36-38-39-42-45-48-51-54-57-60-63-69(72)75-66-67(65-74-68(71)62-59-56-53-50-47-44-41-27-24-21-18-15-12-9-6-3)76-70(73)64-61-58-55-52-49-46-43-40-37-31-29-26-23-20-17-14-11-8-5-2/h17,20,26,29,37,40,67H,4-16,18-19,21-25,27-28,30-36,38-39,41-66H2,1-3H3/b20-17-,29-26-,40-37-. The highest BCUT2D eigenvalue weighted by molar-refractivity contribution is 5.71. The summed E-state index contributed by atoms with van der Waals surface area (Å²) in [6.45, 7) is 6.68. The molecule has 0 aliphatic rings. The molecule has 0 saturated heterocycles. The molecule has 0 aliphatic heterocycles. The smallest absolute Gasteiger partial charge is 0.306 e. The third kappa shape index (κ3) is 62.5. The molecule has 1 unspecified atom stereocenters. The zero-order valence-corrected chi connectivity index (χ0v) is 51.3. The molecule has 1 atom stereocenters. The Morgan fingerprint density at radius 3 is 0.763 bits per heavy atom. The molecule has 0 aromatic heterocycles. The highest BCUT2D eigenvalue weighted by Crippen LogP contribution is 2.18. The Morgan fingerprint density at radius 2 is 0.474 bits per heavy atom. The van der Waals surface area contributed by atoms with Gasteiger partial charge >= 0.3 is 17.9 Å². The lowest BCUT2D eigenvalue weighted by atomic mass is 10.0. The number of esters is 3. The lowest BCUT2D eigenvalue weighted by Gasteiger charge is -2.18. The Kier molecular flexibility index (Phi) is 63.1.